The molecule has 0 atom stereocenters. The number of aryl methyl sites for hydroxylation is 1. The number of phenols is 1. The molecule has 0 spiro atoms. The molecule has 132 valence electrons. The van der Waals surface area contributed by atoms with E-state index in [1.165, 1.54) is 6.07 Å². The van der Waals surface area contributed by atoms with Gasteiger partial charge in [0, 0.05) is 11.3 Å². The normalized spacial score (nSPS) is 10.9. The van der Waals surface area contributed by atoms with Crippen molar-refractivity contribution in [3.8, 4) is 5.75 Å². The number of amides is 2. The summed E-state index contributed by atoms with van der Waals surface area (Å²) in [7, 11) is 0. The van der Waals surface area contributed by atoms with E-state index in [2.05, 4.69) is 10.6 Å². The van der Waals surface area contributed by atoms with Crippen molar-refractivity contribution in [1.82, 2.24) is 0 Å². The van der Waals surface area contributed by atoms with E-state index in [1.54, 1.807) is 64.1 Å². The van der Waals surface area contributed by atoms with Crippen LogP contribution in [0.25, 0.3) is 0 Å². The van der Waals surface area contributed by atoms with Gasteiger partial charge in [0.15, 0.2) is 0 Å². The Balaban J connectivity index is 2.11. The van der Waals surface area contributed by atoms with E-state index in [0.717, 1.165) is 0 Å². The molecule has 0 aliphatic heterocycles. The first-order chi connectivity index (χ1) is 11.7. The van der Waals surface area contributed by atoms with E-state index < -0.39 is 17.6 Å². The summed E-state index contributed by atoms with van der Waals surface area (Å²) in [6, 6.07) is 11.6. The fraction of sp³-hybridized carbons (Fsp3) is 0.263. The summed E-state index contributed by atoms with van der Waals surface area (Å²) in [6.07, 6.45) is -0.596. The predicted octanol–water partition coefficient (Wildman–Crippen LogP) is 4.30. The number of rotatable bonds is 3. The minimum absolute atomic E-state index is 0.0267. The van der Waals surface area contributed by atoms with Gasteiger partial charge in [0.1, 0.15) is 11.4 Å². The fourth-order valence-corrected chi connectivity index (χ4v) is 2.11. The van der Waals surface area contributed by atoms with Crippen molar-refractivity contribution in [2.45, 2.75) is 33.3 Å². The molecule has 0 bridgehead atoms. The molecule has 3 N–H and O–H groups in total. The molecule has 2 rings (SSSR count). The number of nitrogens with one attached hydrogen (secondary N) is 2. The van der Waals surface area contributed by atoms with Gasteiger partial charge in [0.05, 0.1) is 5.69 Å². The maximum atomic E-state index is 12.4. The summed E-state index contributed by atoms with van der Waals surface area (Å²) in [6.45, 7) is 7.05. The van der Waals surface area contributed by atoms with Crippen LogP contribution < -0.4 is 10.6 Å². The van der Waals surface area contributed by atoms with Gasteiger partial charge in [-0.15, -0.1) is 0 Å². The zero-order valence-corrected chi connectivity index (χ0v) is 14.7. The quantitative estimate of drug-likeness (QED) is 0.726. The van der Waals surface area contributed by atoms with Crippen molar-refractivity contribution in [3.05, 3.63) is 53.6 Å². The number of aromatic hydroxyl groups is 1. The Morgan fingerprint density at radius 1 is 1.04 bits per heavy atom. The van der Waals surface area contributed by atoms with Crippen LogP contribution in [0.1, 0.15) is 36.7 Å². The van der Waals surface area contributed by atoms with Crippen LogP contribution in [-0.2, 0) is 4.74 Å². The summed E-state index contributed by atoms with van der Waals surface area (Å²) < 4.78 is 5.18. The first kappa shape index (κ1) is 18.3. The summed E-state index contributed by atoms with van der Waals surface area (Å²) in [5, 5.41) is 15.2. The van der Waals surface area contributed by atoms with Crippen LogP contribution in [0.4, 0.5) is 16.2 Å². The van der Waals surface area contributed by atoms with Crippen LogP contribution in [0, 0.1) is 6.92 Å². The molecule has 25 heavy (non-hydrogen) atoms. The van der Waals surface area contributed by atoms with Gasteiger partial charge in [-0.1, -0.05) is 18.2 Å². The Morgan fingerprint density at radius 3 is 2.40 bits per heavy atom. The molecule has 6 heteroatoms. The number of carbonyl (C=O) groups is 2. The van der Waals surface area contributed by atoms with Gasteiger partial charge in [-0.2, -0.15) is 0 Å². The molecule has 2 aromatic carbocycles. The summed E-state index contributed by atoms with van der Waals surface area (Å²) in [5.74, 6) is -0.368. The number of phenolic OH excluding ortho intramolecular Hbond substituents is 1. The maximum absolute atomic E-state index is 12.4. The van der Waals surface area contributed by atoms with Crippen molar-refractivity contribution < 1.29 is 19.4 Å². The molecule has 0 heterocycles. The van der Waals surface area contributed by atoms with Gasteiger partial charge in [-0.05, 0) is 57.5 Å². The Morgan fingerprint density at radius 2 is 1.72 bits per heavy atom. The molecule has 0 unspecified atom stereocenters. The lowest BCUT2D eigenvalue weighted by molar-refractivity contribution is 0.0635. The maximum Gasteiger partial charge on any atom is 0.412 e. The first-order valence-corrected chi connectivity index (χ1v) is 7.86. The van der Waals surface area contributed by atoms with Crippen LogP contribution >= 0.6 is 0 Å². The van der Waals surface area contributed by atoms with E-state index in [4.69, 9.17) is 4.74 Å². The zero-order chi connectivity index (χ0) is 18.6. The van der Waals surface area contributed by atoms with E-state index >= 15 is 0 Å². The molecule has 0 fully saturated rings. The van der Waals surface area contributed by atoms with E-state index in [-0.39, 0.29) is 5.75 Å². The zero-order valence-electron chi connectivity index (χ0n) is 14.7. The molecule has 0 aliphatic carbocycles. The molecule has 0 saturated heterocycles. The van der Waals surface area contributed by atoms with Crippen LogP contribution in [0.15, 0.2) is 42.5 Å². The van der Waals surface area contributed by atoms with Crippen molar-refractivity contribution >= 4 is 23.4 Å². The lowest BCUT2D eigenvalue weighted by Gasteiger charge is -2.19. The van der Waals surface area contributed by atoms with E-state index in [1.807, 2.05) is 0 Å². The summed E-state index contributed by atoms with van der Waals surface area (Å²) in [5.41, 5.74) is 1.17. The Kier molecular flexibility index (Phi) is 5.32. The van der Waals surface area contributed by atoms with Gasteiger partial charge in [0.2, 0.25) is 0 Å². The second-order valence-corrected chi connectivity index (χ2v) is 6.63. The van der Waals surface area contributed by atoms with Crippen LogP contribution in [0.3, 0.4) is 0 Å². The lowest BCUT2D eigenvalue weighted by Crippen LogP contribution is -2.27. The van der Waals surface area contributed by atoms with Crippen molar-refractivity contribution in [1.29, 1.82) is 0 Å². The van der Waals surface area contributed by atoms with Crippen molar-refractivity contribution in [3.63, 3.8) is 0 Å². The average molecular weight is 342 g/mol. The average Bonchev–Trinajstić information content (AvgIpc) is 2.50. The smallest absolute Gasteiger partial charge is 0.412 e. The van der Waals surface area contributed by atoms with Gasteiger partial charge in [0.25, 0.3) is 5.91 Å². The highest BCUT2D eigenvalue weighted by atomic mass is 16.6. The number of carbonyl (C=O) groups excluding carboxylic acids is 2. The number of anilines is 2. The van der Waals surface area contributed by atoms with Gasteiger partial charge in [-0.25, -0.2) is 4.79 Å². The second-order valence-electron chi connectivity index (χ2n) is 6.63. The minimum atomic E-state index is -0.609. The van der Waals surface area contributed by atoms with Crippen molar-refractivity contribution in [2.24, 2.45) is 0 Å². The first-order valence-electron chi connectivity index (χ1n) is 7.86. The molecule has 0 saturated carbocycles. The van der Waals surface area contributed by atoms with E-state index in [0.29, 0.717) is 22.5 Å². The molecule has 6 nitrogen and oxygen atoms in total. The molecular weight excluding hydrogens is 320 g/mol. The van der Waals surface area contributed by atoms with E-state index in [9.17, 15) is 14.7 Å². The third-order valence-corrected chi connectivity index (χ3v) is 3.26. The minimum Gasteiger partial charge on any atom is -0.505 e. The van der Waals surface area contributed by atoms with Crippen LogP contribution in [0.5, 0.6) is 5.75 Å². The SMILES string of the molecule is Cc1cccc(NC(=O)c2cccc(NC(=O)OC(C)(C)C)c2)c1O. The monoisotopic (exact) mass is 342 g/mol. The largest absolute Gasteiger partial charge is 0.505 e. The second kappa shape index (κ2) is 7.25. The topological polar surface area (TPSA) is 87.7 Å². The molecule has 2 aromatic rings. The third kappa shape index (κ3) is 5.24. The predicted molar refractivity (Wildman–Crippen MR) is 97.1 cm³/mol. The number of para-hydroxylation sites is 1. The number of benzene rings is 2. The van der Waals surface area contributed by atoms with Crippen LogP contribution in [-0.4, -0.2) is 22.7 Å². The molecule has 0 aromatic heterocycles. The molecular formula is C19H22N2O4. The number of ether oxygens (including phenoxy) is 1. The Hall–Kier alpha value is -3.02. The van der Waals surface area contributed by atoms with Gasteiger partial charge in [-0.3, -0.25) is 10.1 Å². The number of hydrogen-bond acceptors (Lipinski definition) is 4. The van der Waals surface area contributed by atoms with Gasteiger partial charge >= 0.3 is 6.09 Å². The summed E-state index contributed by atoms with van der Waals surface area (Å²) >= 11 is 0. The summed E-state index contributed by atoms with van der Waals surface area (Å²) in [4.78, 5) is 24.2. The highest BCUT2D eigenvalue weighted by Crippen LogP contribution is 2.27. The number of hydrogen-bond donors (Lipinski definition) is 3. The molecule has 0 aliphatic rings. The highest BCUT2D eigenvalue weighted by molar-refractivity contribution is 6.06. The van der Waals surface area contributed by atoms with Crippen molar-refractivity contribution in [2.75, 3.05) is 10.6 Å². The van der Waals surface area contributed by atoms with Crippen LogP contribution in [0.2, 0.25) is 0 Å². The fourth-order valence-electron chi connectivity index (χ4n) is 2.11. The molecule has 0 radical (unpaired) electrons. The lowest BCUT2D eigenvalue weighted by atomic mass is 10.1. The Bertz CT molecular complexity index is 794. The molecule has 2 amide bonds. The Labute approximate surface area is 146 Å². The van der Waals surface area contributed by atoms with Gasteiger partial charge < -0.3 is 15.2 Å². The standard InChI is InChI=1S/C19H22N2O4/c1-12-7-5-10-15(16(12)22)21-17(23)13-8-6-9-14(11-13)20-18(24)25-19(2,3)4/h5-11,22H,1-4H3,(H,20,24)(H,21,23). The third-order valence-electron chi connectivity index (χ3n) is 3.26. The highest BCUT2D eigenvalue weighted by Gasteiger charge is 2.17.